The van der Waals surface area contributed by atoms with E-state index >= 15 is 0 Å². The van der Waals surface area contributed by atoms with Crippen molar-refractivity contribution in [3.63, 3.8) is 0 Å². The summed E-state index contributed by atoms with van der Waals surface area (Å²) >= 11 is 1.73. The van der Waals surface area contributed by atoms with Gasteiger partial charge >= 0.3 is 0 Å². The molecular weight excluding hydrogens is 242 g/mol. The Balaban J connectivity index is 1.92. The van der Waals surface area contributed by atoms with Crippen LogP contribution in [-0.2, 0) is 13.2 Å². The lowest BCUT2D eigenvalue weighted by Gasteiger charge is -2.15. The van der Waals surface area contributed by atoms with Gasteiger partial charge < -0.3 is 5.11 Å². The Labute approximate surface area is 112 Å². The first-order valence-corrected chi connectivity index (χ1v) is 6.68. The second-order valence-electron chi connectivity index (χ2n) is 4.16. The van der Waals surface area contributed by atoms with Crippen LogP contribution in [0.15, 0.2) is 59.5 Å². The Morgan fingerprint density at radius 2 is 1.56 bits per heavy atom. The number of hydrogen-bond acceptors (Lipinski definition) is 3. The molecule has 0 saturated carbocycles. The first-order valence-electron chi connectivity index (χ1n) is 5.91. The fourth-order valence-electron chi connectivity index (χ4n) is 1.70. The maximum absolute atomic E-state index is 8.99. The maximum atomic E-state index is 8.99. The van der Waals surface area contributed by atoms with E-state index in [1.807, 2.05) is 30.3 Å². The Morgan fingerprint density at radius 1 is 0.944 bits per heavy atom. The molecule has 3 heteroatoms. The molecule has 2 aromatic carbocycles. The van der Waals surface area contributed by atoms with Crippen molar-refractivity contribution in [3.05, 3.63) is 65.7 Å². The van der Waals surface area contributed by atoms with Crippen LogP contribution in [0.4, 0.5) is 0 Å². The monoisotopic (exact) mass is 259 g/mol. The second-order valence-corrected chi connectivity index (χ2v) is 5.44. The van der Waals surface area contributed by atoms with Crippen LogP contribution in [0.25, 0.3) is 0 Å². The summed E-state index contributed by atoms with van der Waals surface area (Å²) in [7, 11) is 2.08. The highest BCUT2D eigenvalue weighted by Crippen LogP contribution is 2.22. The minimum absolute atomic E-state index is 0.106. The lowest BCUT2D eigenvalue weighted by atomic mass is 10.1. The van der Waals surface area contributed by atoms with Gasteiger partial charge in [-0.2, -0.15) is 0 Å². The minimum Gasteiger partial charge on any atom is -0.392 e. The van der Waals surface area contributed by atoms with E-state index in [4.69, 9.17) is 5.11 Å². The smallest absolute Gasteiger partial charge is 0.0681 e. The third kappa shape index (κ3) is 3.88. The van der Waals surface area contributed by atoms with Gasteiger partial charge in [-0.1, -0.05) is 42.5 Å². The van der Waals surface area contributed by atoms with Gasteiger partial charge in [0.1, 0.15) is 0 Å². The van der Waals surface area contributed by atoms with Crippen molar-refractivity contribution in [2.24, 2.45) is 0 Å². The summed E-state index contributed by atoms with van der Waals surface area (Å²) in [4.78, 5) is 1.24. The van der Waals surface area contributed by atoms with Gasteiger partial charge in [0.15, 0.2) is 0 Å². The van der Waals surface area contributed by atoms with Crippen molar-refractivity contribution in [1.82, 2.24) is 4.31 Å². The van der Waals surface area contributed by atoms with Gasteiger partial charge in [-0.3, -0.25) is 0 Å². The predicted octanol–water partition coefficient (Wildman–Crippen LogP) is 3.32. The Hall–Kier alpha value is -1.29. The van der Waals surface area contributed by atoms with Crippen LogP contribution in [-0.4, -0.2) is 16.5 Å². The van der Waals surface area contributed by atoms with Crippen molar-refractivity contribution in [2.45, 2.75) is 18.0 Å². The van der Waals surface area contributed by atoms with Crippen LogP contribution < -0.4 is 0 Å². The van der Waals surface area contributed by atoms with E-state index < -0.39 is 0 Å². The van der Waals surface area contributed by atoms with Gasteiger partial charge in [-0.15, -0.1) is 0 Å². The molecule has 18 heavy (non-hydrogen) atoms. The average Bonchev–Trinajstić information content (AvgIpc) is 2.40. The maximum Gasteiger partial charge on any atom is 0.0681 e. The van der Waals surface area contributed by atoms with Crippen LogP contribution in [0.3, 0.4) is 0 Å². The van der Waals surface area contributed by atoms with Crippen molar-refractivity contribution in [2.75, 3.05) is 7.05 Å². The normalized spacial score (nSPS) is 10.8. The summed E-state index contributed by atoms with van der Waals surface area (Å²) in [5.74, 6) is 0. The molecule has 0 aliphatic carbocycles. The SMILES string of the molecule is CN(Cc1ccc(CO)cc1)Sc1ccccc1. The molecular formula is C15H17NOS. The molecule has 2 aromatic rings. The van der Waals surface area contributed by atoms with Crippen molar-refractivity contribution >= 4 is 11.9 Å². The summed E-state index contributed by atoms with van der Waals surface area (Å²) in [6, 6.07) is 18.4. The van der Waals surface area contributed by atoms with Crippen molar-refractivity contribution in [3.8, 4) is 0 Å². The number of benzene rings is 2. The summed E-state index contributed by atoms with van der Waals surface area (Å²) in [5, 5.41) is 8.99. The fourth-order valence-corrected chi connectivity index (χ4v) is 2.55. The van der Waals surface area contributed by atoms with E-state index in [1.165, 1.54) is 10.5 Å². The largest absolute Gasteiger partial charge is 0.392 e. The number of nitrogens with zero attached hydrogens (tertiary/aromatic N) is 1. The molecule has 0 aliphatic heterocycles. The molecule has 0 aromatic heterocycles. The van der Waals surface area contributed by atoms with Crippen molar-refractivity contribution in [1.29, 1.82) is 0 Å². The number of rotatable bonds is 5. The quantitative estimate of drug-likeness (QED) is 0.833. The van der Waals surface area contributed by atoms with Crippen LogP contribution in [0.2, 0.25) is 0 Å². The number of aliphatic hydroxyl groups excluding tert-OH is 1. The van der Waals surface area contributed by atoms with Crippen LogP contribution in [0, 0.1) is 0 Å². The molecule has 0 heterocycles. The van der Waals surface area contributed by atoms with Crippen LogP contribution in [0.5, 0.6) is 0 Å². The first kappa shape index (κ1) is 13.1. The summed E-state index contributed by atoms with van der Waals surface area (Å²) in [5.41, 5.74) is 2.20. The third-order valence-electron chi connectivity index (χ3n) is 2.62. The van der Waals surface area contributed by atoms with E-state index in [2.05, 4.69) is 35.6 Å². The van der Waals surface area contributed by atoms with Crippen molar-refractivity contribution < 1.29 is 5.11 Å². The predicted molar refractivity (Wildman–Crippen MR) is 76.1 cm³/mol. The van der Waals surface area contributed by atoms with Gasteiger partial charge in [0.2, 0.25) is 0 Å². The van der Waals surface area contributed by atoms with Crippen LogP contribution >= 0.6 is 11.9 Å². The summed E-state index contributed by atoms with van der Waals surface area (Å²) in [6.45, 7) is 0.986. The van der Waals surface area contributed by atoms with E-state index in [0.717, 1.165) is 12.1 Å². The molecule has 0 atom stereocenters. The zero-order chi connectivity index (χ0) is 12.8. The van der Waals surface area contributed by atoms with Gasteiger partial charge in [-0.05, 0) is 42.3 Å². The Bertz CT molecular complexity index is 470. The molecule has 0 unspecified atom stereocenters. The number of aliphatic hydroxyl groups is 1. The van der Waals surface area contributed by atoms with E-state index in [-0.39, 0.29) is 6.61 Å². The summed E-state index contributed by atoms with van der Waals surface area (Å²) in [6.07, 6.45) is 0. The molecule has 2 rings (SSSR count). The lowest BCUT2D eigenvalue weighted by molar-refractivity contribution is 0.282. The third-order valence-corrected chi connectivity index (χ3v) is 3.54. The number of hydrogen-bond donors (Lipinski definition) is 1. The molecule has 0 fully saturated rings. The zero-order valence-electron chi connectivity index (χ0n) is 10.4. The standard InChI is InChI=1S/C15H17NOS/c1-16(18-15-5-3-2-4-6-15)11-13-7-9-14(12-17)10-8-13/h2-10,17H,11-12H2,1H3. The molecule has 0 radical (unpaired) electrons. The minimum atomic E-state index is 0.106. The highest BCUT2D eigenvalue weighted by molar-refractivity contribution is 7.97. The second kappa shape index (κ2) is 6.59. The highest BCUT2D eigenvalue weighted by atomic mass is 32.2. The zero-order valence-corrected chi connectivity index (χ0v) is 11.2. The topological polar surface area (TPSA) is 23.5 Å². The van der Waals surface area contributed by atoms with Gasteiger partial charge in [0.05, 0.1) is 6.61 Å². The molecule has 0 aliphatic rings. The summed E-state index contributed by atoms with van der Waals surface area (Å²) < 4.78 is 2.20. The van der Waals surface area contributed by atoms with E-state index in [1.54, 1.807) is 11.9 Å². The van der Waals surface area contributed by atoms with Gasteiger partial charge in [0, 0.05) is 11.4 Å². The lowest BCUT2D eigenvalue weighted by Crippen LogP contribution is -2.08. The average molecular weight is 259 g/mol. The van der Waals surface area contributed by atoms with E-state index in [0.29, 0.717) is 0 Å². The molecule has 2 nitrogen and oxygen atoms in total. The molecule has 0 saturated heterocycles. The molecule has 0 bridgehead atoms. The first-order chi connectivity index (χ1) is 8.78. The molecule has 0 spiro atoms. The highest BCUT2D eigenvalue weighted by Gasteiger charge is 2.02. The molecule has 0 amide bonds. The van der Waals surface area contributed by atoms with E-state index in [9.17, 15) is 0 Å². The molecule has 1 N–H and O–H groups in total. The molecule has 94 valence electrons. The van der Waals surface area contributed by atoms with Gasteiger partial charge in [0.25, 0.3) is 0 Å². The Kier molecular flexibility index (Phi) is 4.81. The fraction of sp³-hybridized carbons (Fsp3) is 0.200. The Morgan fingerprint density at radius 3 is 2.17 bits per heavy atom. The van der Waals surface area contributed by atoms with Crippen LogP contribution in [0.1, 0.15) is 11.1 Å². The van der Waals surface area contributed by atoms with Gasteiger partial charge in [-0.25, -0.2) is 4.31 Å².